The lowest BCUT2D eigenvalue weighted by molar-refractivity contribution is -0.121. The second-order valence-electron chi connectivity index (χ2n) is 6.50. The van der Waals surface area contributed by atoms with Gasteiger partial charge in [-0.3, -0.25) is 19.1 Å². The number of aryl methyl sites for hydroxylation is 1. The number of rotatable bonds is 4. The first kappa shape index (κ1) is 16.3. The Morgan fingerprint density at radius 3 is 2.92 bits per heavy atom. The van der Waals surface area contributed by atoms with Crippen LogP contribution >= 0.6 is 11.8 Å². The van der Waals surface area contributed by atoms with Gasteiger partial charge in [-0.15, -0.1) is 0 Å². The minimum atomic E-state index is -0.107. The first-order valence-corrected chi connectivity index (χ1v) is 9.63. The van der Waals surface area contributed by atoms with Gasteiger partial charge in [-0.05, 0) is 43.4 Å². The van der Waals surface area contributed by atoms with Crippen LogP contribution in [0, 0.1) is 0 Å². The van der Waals surface area contributed by atoms with Crippen LogP contribution in [-0.2, 0) is 24.2 Å². The van der Waals surface area contributed by atoms with Crippen LogP contribution < -0.4 is 10.9 Å². The molecule has 1 unspecified atom stereocenters. The van der Waals surface area contributed by atoms with Crippen LogP contribution in [0.4, 0.5) is 0 Å². The zero-order valence-electron chi connectivity index (χ0n) is 13.9. The maximum absolute atomic E-state index is 12.8. The summed E-state index contributed by atoms with van der Waals surface area (Å²) in [5, 5.41) is 3.70. The van der Waals surface area contributed by atoms with E-state index >= 15 is 0 Å². The SMILES string of the molecule is O=C(CC1CSc2nc3c(c(=O)n21)CCCC3)NCc1ccncc1. The standard InChI is InChI=1S/C18H20N4O2S/c23-16(20-10-12-5-7-19-8-6-12)9-13-11-25-18-21-15-4-2-1-3-14(15)17(24)22(13)18/h5-8,13H,1-4,9-11H2,(H,20,23). The number of carbonyl (C=O) groups is 1. The van der Waals surface area contributed by atoms with E-state index in [4.69, 9.17) is 4.98 Å². The first-order valence-electron chi connectivity index (χ1n) is 8.65. The van der Waals surface area contributed by atoms with Crippen molar-refractivity contribution in [3.8, 4) is 0 Å². The fraction of sp³-hybridized carbons (Fsp3) is 0.444. The molecule has 1 atom stereocenters. The number of hydrogen-bond donors (Lipinski definition) is 1. The molecule has 1 aliphatic heterocycles. The van der Waals surface area contributed by atoms with Crippen LogP contribution in [0.15, 0.2) is 34.5 Å². The third-order valence-corrected chi connectivity index (χ3v) is 5.88. The second kappa shape index (κ2) is 7.00. The summed E-state index contributed by atoms with van der Waals surface area (Å²) in [6.45, 7) is 0.478. The van der Waals surface area contributed by atoms with Crippen molar-refractivity contribution in [2.75, 3.05) is 5.75 Å². The quantitative estimate of drug-likeness (QED) is 0.847. The van der Waals surface area contributed by atoms with Crippen LogP contribution in [0.25, 0.3) is 0 Å². The van der Waals surface area contributed by atoms with E-state index in [0.29, 0.717) is 13.0 Å². The van der Waals surface area contributed by atoms with Crippen molar-refractivity contribution < 1.29 is 4.79 Å². The van der Waals surface area contributed by atoms with Crippen LogP contribution in [0.1, 0.15) is 42.1 Å². The molecule has 1 aliphatic carbocycles. The molecule has 2 aromatic heterocycles. The predicted molar refractivity (Wildman–Crippen MR) is 95.6 cm³/mol. The summed E-state index contributed by atoms with van der Waals surface area (Å²) < 4.78 is 1.75. The predicted octanol–water partition coefficient (Wildman–Crippen LogP) is 1.87. The molecule has 3 heterocycles. The van der Waals surface area contributed by atoms with Crippen molar-refractivity contribution in [3.63, 3.8) is 0 Å². The van der Waals surface area contributed by atoms with E-state index in [-0.39, 0.29) is 17.5 Å². The van der Waals surface area contributed by atoms with Gasteiger partial charge >= 0.3 is 0 Å². The lowest BCUT2D eigenvalue weighted by Crippen LogP contribution is -2.33. The number of hydrogen-bond acceptors (Lipinski definition) is 5. The summed E-state index contributed by atoms with van der Waals surface area (Å²) in [4.78, 5) is 33.8. The third-order valence-electron chi connectivity index (χ3n) is 4.78. The Bertz CT molecular complexity index is 850. The fourth-order valence-electron chi connectivity index (χ4n) is 3.45. The van der Waals surface area contributed by atoms with Gasteiger partial charge in [-0.1, -0.05) is 11.8 Å². The molecule has 25 heavy (non-hydrogen) atoms. The summed E-state index contributed by atoms with van der Waals surface area (Å²) >= 11 is 1.58. The highest BCUT2D eigenvalue weighted by Crippen LogP contribution is 2.33. The van der Waals surface area contributed by atoms with Gasteiger partial charge in [0.25, 0.3) is 5.56 Å². The zero-order chi connectivity index (χ0) is 17.2. The molecule has 0 spiro atoms. The number of fused-ring (bicyclic) bond motifs is 2. The highest BCUT2D eigenvalue weighted by molar-refractivity contribution is 7.99. The van der Waals surface area contributed by atoms with Gasteiger partial charge < -0.3 is 5.32 Å². The van der Waals surface area contributed by atoms with Crippen LogP contribution in [0.3, 0.4) is 0 Å². The Balaban J connectivity index is 1.47. The molecule has 0 fully saturated rings. The summed E-state index contributed by atoms with van der Waals surface area (Å²) in [7, 11) is 0. The van der Waals surface area contributed by atoms with Crippen molar-refractivity contribution in [1.29, 1.82) is 0 Å². The molecule has 4 rings (SSSR count). The van der Waals surface area contributed by atoms with E-state index in [1.807, 2.05) is 12.1 Å². The summed E-state index contributed by atoms with van der Waals surface area (Å²) in [5.74, 6) is 0.688. The number of nitrogens with zero attached hydrogens (tertiary/aromatic N) is 3. The van der Waals surface area contributed by atoms with Crippen molar-refractivity contribution >= 4 is 17.7 Å². The molecule has 0 aromatic carbocycles. The smallest absolute Gasteiger partial charge is 0.257 e. The molecular formula is C18H20N4O2S. The van der Waals surface area contributed by atoms with E-state index in [9.17, 15) is 9.59 Å². The summed E-state index contributed by atoms with van der Waals surface area (Å²) in [6.07, 6.45) is 7.59. The van der Waals surface area contributed by atoms with Crippen LogP contribution in [0.2, 0.25) is 0 Å². The fourth-order valence-corrected chi connectivity index (χ4v) is 4.61. The lowest BCUT2D eigenvalue weighted by Gasteiger charge is -2.18. The molecule has 0 saturated carbocycles. The molecule has 130 valence electrons. The molecular weight excluding hydrogens is 336 g/mol. The van der Waals surface area contributed by atoms with E-state index < -0.39 is 0 Å². The molecule has 2 aliphatic rings. The molecule has 1 amide bonds. The van der Waals surface area contributed by atoms with E-state index in [1.54, 1.807) is 28.7 Å². The van der Waals surface area contributed by atoms with Gasteiger partial charge in [0.2, 0.25) is 5.91 Å². The Hall–Kier alpha value is -2.15. The van der Waals surface area contributed by atoms with Crippen molar-refractivity contribution in [2.24, 2.45) is 0 Å². The summed E-state index contributed by atoms with van der Waals surface area (Å²) in [5.41, 5.74) is 2.91. The van der Waals surface area contributed by atoms with Crippen molar-refractivity contribution in [2.45, 2.75) is 49.8 Å². The van der Waals surface area contributed by atoms with Crippen LogP contribution in [-0.4, -0.2) is 26.2 Å². The average Bonchev–Trinajstić information content (AvgIpc) is 3.04. The number of pyridine rings is 1. The Morgan fingerprint density at radius 2 is 2.08 bits per heavy atom. The maximum atomic E-state index is 12.8. The number of aromatic nitrogens is 3. The van der Waals surface area contributed by atoms with Gasteiger partial charge in [-0.25, -0.2) is 4.98 Å². The number of carbonyl (C=O) groups excluding carboxylic acids is 1. The highest BCUT2D eigenvalue weighted by atomic mass is 32.2. The van der Waals surface area contributed by atoms with Gasteiger partial charge in [0.15, 0.2) is 5.16 Å². The van der Waals surface area contributed by atoms with E-state index in [1.165, 1.54) is 0 Å². The molecule has 0 saturated heterocycles. The largest absolute Gasteiger partial charge is 0.352 e. The Morgan fingerprint density at radius 1 is 1.28 bits per heavy atom. The average molecular weight is 356 g/mol. The normalized spacial score (nSPS) is 18.5. The minimum Gasteiger partial charge on any atom is -0.352 e. The molecule has 1 N–H and O–H groups in total. The Kier molecular flexibility index (Phi) is 4.57. The Labute approximate surface area is 150 Å². The number of amides is 1. The zero-order valence-corrected chi connectivity index (χ0v) is 14.7. The minimum absolute atomic E-state index is 0.0418. The van der Waals surface area contributed by atoms with Crippen molar-refractivity contribution in [1.82, 2.24) is 19.9 Å². The molecule has 2 aromatic rings. The topological polar surface area (TPSA) is 76.9 Å². The highest BCUT2D eigenvalue weighted by Gasteiger charge is 2.30. The maximum Gasteiger partial charge on any atom is 0.257 e. The molecule has 6 nitrogen and oxygen atoms in total. The third kappa shape index (κ3) is 3.33. The van der Waals surface area contributed by atoms with Gasteiger partial charge in [0, 0.05) is 36.7 Å². The second-order valence-corrected chi connectivity index (χ2v) is 7.49. The monoisotopic (exact) mass is 356 g/mol. The number of thioether (sulfide) groups is 1. The van der Waals surface area contributed by atoms with Gasteiger partial charge in [0.05, 0.1) is 11.7 Å². The number of nitrogens with one attached hydrogen (secondary N) is 1. The van der Waals surface area contributed by atoms with Gasteiger partial charge in [0.1, 0.15) is 0 Å². The van der Waals surface area contributed by atoms with Crippen LogP contribution in [0.5, 0.6) is 0 Å². The van der Waals surface area contributed by atoms with Crippen molar-refractivity contribution in [3.05, 3.63) is 51.7 Å². The molecule has 0 bridgehead atoms. The lowest BCUT2D eigenvalue weighted by atomic mass is 9.97. The van der Waals surface area contributed by atoms with E-state index in [0.717, 1.165) is 53.4 Å². The van der Waals surface area contributed by atoms with E-state index in [2.05, 4.69) is 10.3 Å². The first-order chi connectivity index (χ1) is 12.2. The van der Waals surface area contributed by atoms with Gasteiger partial charge in [-0.2, -0.15) is 0 Å². The molecule has 0 radical (unpaired) electrons. The molecule has 7 heteroatoms. The summed E-state index contributed by atoms with van der Waals surface area (Å²) in [6, 6.07) is 3.65.